The van der Waals surface area contributed by atoms with Gasteiger partial charge in [0, 0.05) is 18.2 Å². The molecule has 0 aliphatic carbocycles. The number of nitrogens with zero attached hydrogens (tertiary/aromatic N) is 1. The van der Waals surface area contributed by atoms with Gasteiger partial charge in [-0.15, -0.1) is 0 Å². The molecule has 122 valence electrons. The normalized spacial score (nSPS) is 27.2. The summed E-state index contributed by atoms with van der Waals surface area (Å²) < 4.78 is 13.2. The molecule has 0 aromatic heterocycles. The van der Waals surface area contributed by atoms with Crippen LogP contribution in [0.3, 0.4) is 0 Å². The summed E-state index contributed by atoms with van der Waals surface area (Å²) in [6.07, 6.45) is 0.939. The Morgan fingerprint density at radius 2 is 2.17 bits per heavy atom. The molecule has 1 aromatic rings. The minimum atomic E-state index is -0.551. The summed E-state index contributed by atoms with van der Waals surface area (Å²) in [4.78, 5) is 37.9. The van der Waals surface area contributed by atoms with Gasteiger partial charge in [0.05, 0.1) is 0 Å². The number of amides is 3. The van der Waals surface area contributed by atoms with Crippen LogP contribution in [0.4, 0.5) is 4.39 Å². The van der Waals surface area contributed by atoms with Crippen LogP contribution in [0.25, 0.3) is 0 Å². The Bertz CT molecular complexity index is 664. The fourth-order valence-electron chi connectivity index (χ4n) is 3.13. The first-order chi connectivity index (χ1) is 11.0. The van der Waals surface area contributed by atoms with Crippen molar-refractivity contribution in [3.8, 4) is 0 Å². The van der Waals surface area contributed by atoms with Crippen LogP contribution < -0.4 is 10.6 Å². The van der Waals surface area contributed by atoms with Gasteiger partial charge in [-0.1, -0.05) is 6.07 Å². The summed E-state index contributed by atoms with van der Waals surface area (Å²) in [6.45, 7) is 2.09. The second-order valence-electron chi connectivity index (χ2n) is 5.98. The number of carbonyl (C=O) groups is 3. The zero-order chi connectivity index (χ0) is 16.6. The van der Waals surface area contributed by atoms with Gasteiger partial charge in [0.15, 0.2) is 0 Å². The number of carbonyl (C=O) groups excluding carboxylic acids is 3. The van der Waals surface area contributed by atoms with Crippen LogP contribution in [-0.4, -0.2) is 47.3 Å². The molecule has 23 heavy (non-hydrogen) atoms. The molecule has 3 rings (SSSR count). The molecular formula is C16H18FN3O3. The highest BCUT2D eigenvalue weighted by molar-refractivity contribution is 5.97. The fourth-order valence-corrected chi connectivity index (χ4v) is 3.13. The van der Waals surface area contributed by atoms with E-state index in [2.05, 4.69) is 10.6 Å². The Hall–Kier alpha value is -2.44. The van der Waals surface area contributed by atoms with E-state index in [-0.39, 0.29) is 29.3 Å². The van der Waals surface area contributed by atoms with Gasteiger partial charge in [0.25, 0.3) is 5.91 Å². The molecular weight excluding hydrogens is 301 g/mol. The van der Waals surface area contributed by atoms with Crippen molar-refractivity contribution >= 4 is 17.7 Å². The zero-order valence-corrected chi connectivity index (χ0v) is 12.7. The van der Waals surface area contributed by atoms with Crippen molar-refractivity contribution in [2.45, 2.75) is 37.9 Å². The maximum atomic E-state index is 13.2. The first kappa shape index (κ1) is 15.5. The smallest absolute Gasteiger partial charge is 0.251 e. The molecule has 3 atom stereocenters. The molecule has 0 radical (unpaired) electrons. The molecule has 2 aliphatic heterocycles. The van der Waals surface area contributed by atoms with E-state index in [0.717, 1.165) is 0 Å². The summed E-state index contributed by atoms with van der Waals surface area (Å²) in [5, 5.41) is 5.47. The SMILES string of the molecule is C[C@H]1NC(=O)[C@@H]2C[C@@H](NC(=O)c3cccc(F)c3)CCN2C1=O. The van der Waals surface area contributed by atoms with Crippen molar-refractivity contribution in [1.29, 1.82) is 0 Å². The highest BCUT2D eigenvalue weighted by Gasteiger charge is 2.42. The van der Waals surface area contributed by atoms with Gasteiger partial charge in [-0.3, -0.25) is 14.4 Å². The molecule has 0 spiro atoms. The standard InChI is InChI=1S/C16H18FN3O3/c1-9-16(23)20-6-5-12(8-13(20)15(22)18-9)19-14(21)10-3-2-4-11(17)7-10/h2-4,7,9,12-13H,5-6,8H2,1H3,(H,18,22)(H,19,21)/t9-,12+,13+/m1/s1. The number of hydrogen-bond acceptors (Lipinski definition) is 3. The molecule has 3 amide bonds. The molecule has 0 bridgehead atoms. The van der Waals surface area contributed by atoms with E-state index in [4.69, 9.17) is 0 Å². The van der Waals surface area contributed by atoms with Gasteiger partial charge in [-0.05, 0) is 38.0 Å². The number of rotatable bonds is 2. The minimum Gasteiger partial charge on any atom is -0.349 e. The maximum absolute atomic E-state index is 13.2. The van der Waals surface area contributed by atoms with E-state index in [1.165, 1.54) is 24.3 Å². The number of fused-ring (bicyclic) bond motifs is 1. The summed E-state index contributed by atoms with van der Waals surface area (Å²) in [7, 11) is 0. The molecule has 7 heteroatoms. The minimum absolute atomic E-state index is 0.0930. The zero-order valence-electron chi connectivity index (χ0n) is 12.7. The summed E-state index contributed by atoms with van der Waals surface area (Å²) in [6, 6.07) is 4.17. The summed E-state index contributed by atoms with van der Waals surface area (Å²) >= 11 is 0. The molecule has 0 saturated carbocycles. The number of nitrogens with one attached hydrogen (secondary N) is 2. The lowest BCUT2D eigenvalue weighted by atomic mass is 9.93. The van der Waals surface area contributed by atoms with Crippen molar-refractivity contribution in [2.75, 3.05) is 6.54 Å². The van der Waals surface area contributed by atoms with Crippen LogP contribution in [-0.2, 0) is 9.59 Å². The third-order valence-corrected chi connectivity index (χ3v) is 4.34. The Morgan fingerprint density at radius 1 is 1.39 bits per heavy atom. The number of hydrogen-bond donors (Lipinski definition) is 2. The van der Waals surface area contributed by atoms with Gasteiger partial charge in [-0.2, -0.15) is 0 Å². The van der Waals surface area contributed by atoms with Crippen molar-refractivity contribution in [2.24, 2.45) is 0 Å². The fraction of sp³-hybridized carbons (Fsp3) is 0.438. The molecule has 2 heterocycles. The second-order valence-corrected chi connectivity index (χ2v) is 5.98. The predicted molar refractivity (Wildman–Crippen MR) is 80.0 cm³/mol. The first-order valence-corrected chi connectivity index (χ1v) is 7.63. The van der Waals surface area contributed by atoms with Crippen LogP contribution in [0, 0.1) is 5.82 Å². The topological polar surface area (TPSA) is 78.5 Å². The van der Waals surface area contributed by atoms with Crippen molar-refractivity contribution in [1.82, 2.24) is 15.5 Å². The van der Waals surface area contributed by atoms with E-state index < -0.39 is 17.9 Å². The van der Waals surface area contributed by atoms with E-state index >= 15 is 0 Å². The predicted octanol–water partition coefficient (Wildman–Crippen LogP) is 0.433. The quantitative estimate of drug-likeness (QED) is 0.830. The molecule has 2 saturated heterocycles. The summed E-state index contributed by atoms with van der Waals surface area (Å²) in [5.41, 5.74) is 0.241. The Morgan fingerprint density at radius 3 is 2.91 bits per heavy atom. The molecule has 2 N–H and O–H groups in total. The van der Waals surface area contributed by atoms with Crippen LogP contribution in [0.15, 0.2) is 24.3 Å². The molecule has 2 aliphatic rings. The largest absolute Gasteiger partial charge is 0.349 e. The third-order valence-electron chi connectivity index (χ3n) is 4.34. The first-order valence-electron chi connectivity index (χ1n) is 7.63. The third kappa shape index (κ3) is 3.04. The Balaban J connectivity index is 1.66. The number of halogens is 1. The molecule has 0 unspecified atom stereocenters. The second kappa shape index (κ2) is 5.98. The van der Waals surface area contributed by atoms with Crippen LogP contribution >= 0.6 is 0 Å². The molecule has 1 aromatic carbocycles. The average Bonchev–Trinajstić information content (AvgIpc) is 2.53. The van der Waals surface area contributed by atoms with Crippen LogP contribution in [0.1, 0.15) is 30.1 Å². The van der Waals surface area contributed by atoms with E-state index in [9.17, 15) is 18.8 Å². The lowest BCUT2D eigenvalue weighted by Crippen LogP contribution is -2.66. The lowest BCUT2D eigenvalue weighted by molar-refractivity contribution is -0.151. The maximum Gasteiger partial charge on any atom is 0.251 e. The van der Waals surface area contributed by atoms with Crippen LogP contribution in [0.2, 0.25) is 0 Å². The number of piperazine rings is 1. The number of piperidine rings is 1. The van der Waals surface area contributed by atoms with Crippen molar-refractivity contribution in [3.63, 3.8) is 0 Å². The van der Waals surface area contributed by atoms with Gasteiger partial charge < -0.3 is 15.5 Å². The van der Waals surface area contributed by atoms with Gasteiger partial charge in [-0.25, -0.2) is 4.39 Å². The Labute approximate surface area is 133 Å². The lowest BCUT2D eigenvalue weighted by Gasteiger charge is -2.43. The Kier molecular flexibility index (Phi) is 4.02. The monoisotopic (exact) mass is 319 g/mol. The highest BCUT2D eigenvalue weighted by atomic mass is 19.1. The van der Waals surface area contributed by atoms with Crippen molar-refractivity contribution < 1.29 is 18.8 Å². The van der Waals surface area contributed by atoms with E-state index in [1.54, 1.807) is 11.8 Å². The highest BCUT2D eigenvalue weighted by Crippen LogP contribution is 2.22. The van der Waals surface area contributed by atoms with Crippen molar-refractivity contribution in [3.05, 3.63) is 35.6 Å². The number of benzene rings is 1. The van der Waals surface area contributed by atoms with Crippen LogP contribution in [0.5, 0.6) is 0 Å². The van der Waals surface area contributed by atoms with E-state index in [0.29, 0.717) is 19.4 Å². The summed E-state index contributed by atoms with van der Waals surface area (Å²) in [5.74, 6) is -1.14. The van der Waals surface area contributed by atoms with Gasteiger partial charge >= 0.3 is 0 Å². The van der Waals surface area contributed by atoms with E-state index in [1.807, 2.05) is 0 Å². The van der Waals surface area contributed by atoms with Gasteiger partial charge in [0.1, 0.15) is 17.9 Å². The molecule has 6 nitrogen and oxygen atoms in total. The van der Waals surface area contributed by atoms with Gasteiger partial charge in [0.2, 0.25) is 11.8 Å². The average molecular weight is 319 g/mol. The molecule has 2 fully saturated rings.